The zero-order chi connectivity index (χ0) is 22.9. The van der Waals surface area contributed by atoms with E-state index in [1.807, 2.05) is 11.4 Å². The Hall–Kier alpha value is -2.04. The summed E-state index contributed by atoms with van der Waals surface area (Å²) in [6, 6.07) is 9.93. The molecule has 0 radical (unpaired) electrons. The van der Waals surface area contributed by atoms with Crippen molar-refractivity contribution >= 4 is 49.7 Å². The summed E-state index contributed by atoms with van der Waals surface area (Å²) in [6.45, 7) is 1.78. The molecule has 1 aliphatic rings. The number of ether oxygens (including phenoxy) is 2. The standard InChI is InChI=1S/C21H21Cl2N3O4S2/c1-29-19-6-4-15(12-20(19)30-2)32(27,28)26-9-7-25(8-10-26)21-24-18(13-31-21)16-5-3-14(22)11-17(16)23/h3-6,11-13H,7-10H2,1-2H3. The Kier molecular flexibility index (Phi) is 6.83. The molecule has 4 rings (SSSR count). The maximum atomic E-state index is 13.1. The van der Waals surface area contributed by atoms with Gasteiger partial charge in [0.05, 0.1) is 29.8 Å². The van der Waals surface area contributed by atoms with Gasteiger partial charge in [-0.25, -0.2) is 13.4 Å². The van der Waals surface area contributed by atoms with E-state index in [-0.39, 0.29) is 4.90 Å². The number of piperazine rings is 1. The molecule has 32 heavy (non-hydrogen) atoms. The fourth-order valence-corrected chi connectivity index (χ4v) is 6.30. The summed E-state index contributed by atoms with van der Waals surface area (Å²) in [5.41, 5.74) is 1.58. The van der Waals surface area contributed by atoms with E-state index < -0.39 is 10.0 Å². The molecule has 1 saturated heterocycles. The predicted octanol–water partition coefficient (Wildman–Crippen LogP) is 4.65. The van der Waals surface area contributed by atoms with Gasteiger partial charge in [-0.1, -0.05) is 23.2 Å². The second kappa shape index (κ2) is 9.44. The first-order valence-corrected chi connectivity index (χ1v) is 12.8. The summed E-state index contributed by atoms with van der Waals surface area (Å²) in [4.78, 5) is 6.96. The molecule has 11 heteroatoms. The first-order chi connectivity index (χ1) is 15.3. The van der Waals surface area contributed by atoms with Crippen LogP contribution < -0.4 is 14.4 Å². The molecule has 2 aromatic carbocycles. The van der Waals surface area contributed by atoms with Gasteiger partial charge in [-0.2, -0.15) is 4.31 Å². The lowest BCUT2D eigenvalue weighted by atomic mass is 10.2. The molecule has 0 amide bonds. The van der Waals surface area contributed by atoms with Crippen LogP contribution in [0.5, 0.6) is 11.5 Å². The monoisotopic (exact) mass is 513 g/mol. The summed E-state index contributed by atoms with van der Waals surface area (Å²) in [7, 11) is -0.660. The zero-order valence-electron chi connectivity index (χ0n) is 17.4. The third-order valence-corrected chi connectivity index (χ3v) is 8.54. The highest BCUT2D eigenvalue weighted by Gasteiger charge is 2.30. The summed E-state index contributed by atoms with van der Waals surface area (Å²) >= 11 is 13.8. The molecule has 7 nitrogen and oxygen atoms in total. The number of sulfonamides is 1. The van der Waals surface area contributed by atoms with E-state index in [0.29, 0.717) is 47.7 Å². The van der Waals surface area contributed by atoms with Crippen molar-refractivity contribution in [3.8, 4) is 22.8 Å². The molecule has 3 aromatic rings. The van der Waals surface area contributed by atoms with Crippen LogP contribution in [0, 0.1) is 0 Å². The van der Waals surface area contributed by atoms with E-state index in [2.05, 4.69) is 4.90 Å². The number of halogens is 2. The van der Waals surface area contributed by atoms with Gasteiger partial charge < -0.3 is 14.4 Å². The number of nitrogens with zero attached hydrogens (tertiary/aromatic N) is 3. The molecule has 0 aliphatic carbocycles. The minimum atomic E-state index is -3.65. The van der Waals surface area contributed by atoms with Gasteiger partial charge in [0.1, 0.15) is 0 Å². The van der Waals surface area contributed by atoms with Gasteiger partial charge in [-0.15, -0.1) is 11.3 Å². The zero-order valence-corrected chi connectivity index (χ0v) is 20.6. The Labute approximate surface area is 201 Å². The van der Waals surface area contributed by atoms with Crippen LogP contribution in [0.25, 0.3) is 11.3 Å². The summed E-state index contributed by atoms with van der Waals surface area (Å²) in [5, 5.41) is 3.88. The fourth-order valence-electron chi connectivity index (χ4n) is 3.48. The number of thiazole rings is 1. The lowest BCUT2D eigenvalue weighted by molar-refractivity contribution is 0.353. The Morgan fingerprint density at radius 3 is 2.34 bits per heavy atom. The Balaban J connectivity index is 1.47. The van der Waals surface area contributed by atoms with Crippen molar-refractivity contribution < 1.29 is 17.9 Å². The Morgan fingerprint density at radius 2 is 1.69 bits per heavy atom. The molecule has 1 aliphatic heterocycles. The van der Waals surface area contributed by atoms with Crippen LogP contribution in [0.1, 0.15) is 0 Å². The highest BCUT2D eigenvalue weighted by molar-refractivity contribution is 7.89. The van der Waals surface area contributed by atoms with E-state index in [1.165, 1.54) is 42.0 Å². The van der Waals surface area contributed by atoms with E-state index >= 15 is 0 Å². The molecule has 0 spiro atoms. The number of aromatic nitrogens is 1. The van der Waals surface area contributed by atoms with Gasteiger partial charge in [0.15, 0.2) is 16.6 Å². The average molecular weight is 514 g/mol. The van der Waals surface area contributed by atoms with E-state index in [0.717, 1.165) is 16.4 Å². The van der Waals surface area contributed by atoms with Crippen LogP contribution in [-0.2, 0) is 10.0 Å². The predicted molar refractivity (Wildman–Crippen MR) is 128 cm³/mol. The molecule has 0 N–H and O–H groups in total. The van der Waals surface area contributed by atoms with Gasteiger partial charge in [-0.3, -0.25) is 0 Å². The normalized spacial score (nSPS) is 15.1. The second-order valence-electron chi connectivity index (χ2n) is 7.05. The van der Waals surface area contributed by atoms with Crippen molar-refractivity contribution in [3.05, 3.63) is 51.8 Å². The topological polar surface area (TPSA) is 72.0 Å². The first-order valence-electron chi connectivity index (χ1n) is 9.71. The Bertz CT molecular complexity index is 1230. The number of benzene rings is 2. The maximum Gasteiger partial charge on any atom is 0.243 e. The molecule has 0 saturated carbocycles. The lowest BCUT2D eigenvalue weighted by Gasteiger charge is -2.33. The van der Waals surface area contributed by atoms with Crippen LogP contribution in [0.3, 0.4) is 0 Å². The molecular weight excluding hydrogens is 493 g/mol. The minimum Gasteiger partial charge on any atom is -0.493 e. The van der Waals surface area contributed by atoms with Crippen molar-refractivity contribution in [1.82, 2.24) is 9.29 Å². The van der Waals surface area contributed by atoms with E-state index in [9.17, 15) is 8.42 Å². The first kappa shape index (κ1) is 23.1. The van der Waals surface area contributed by atoms with E-state index in [4.69, 9.17) is 37.7 Å². The number of rotatable bonds is 6. The van der Waals surface area contributed by atoms with Gasteiger partial charge in [0.2, 0.25) is 10.0 Å². The fraction of sp³-hybridized carbons (Fsp3) is 0.286. The second-order valence-corrected chi connectivity index (χ2v) is 10.7. The Morgan fingerprint density at radius 1 is 0.969 bits per heavy atom. The smallest absolute Gasteiger partial charge is 0.243 e. The summed E-state index contributed by atoms with van der Waals surface area (Å²) in [6.07, 6.45) is 0. The quantitative estimate of drug-likeness (QED) is 0.477. The van der Waals surface area contributed by atoms with Crippen LogP contribution >= 0.6 is 34.5 Å². The van der Waals surface area contributed by atoms with Crippen LogP contribution in [-0.4, -0.2) is 58.1 Å². The van der Waals surface area contributed by atoms with Gasteiger partial charge in [0, 0.05) is 48.2 Å². The summed E-state index contributed by atoms with van der Waals surface area (Å²) in [5.74, 6) is 0.861. The molecule has 0 atom stereocenters. The molecule has 2 heterocycles. The third kappa shape index (κ3) is 4.53. The number of hydrogen-bond donors (Lipinski definition) is 0. The average Bonchev–Trinajstić information content (AvgIpc) is 3.28. The molecule has 0 bridgehead atoms. The van der Waals surface area contributed by atoms with Crippen molar-refractivity contribution in [3.63, 3.8) is 0 Å². The summed E-state index contributed by atoms with van der Waals surface area (Å²) < 4.78 is 38.2. The molecule has 170 valence electrons. The van der Waals surface area contributed by atoms with Crippen LogP contribution in [0.4, 0.5) is 5.13 Å². The van der Waals surface area contributed by atoms with Gasteiger partial charge >= 0.3 is 0 Å². The van der Waals surface area contributed by atoms with Crippen LogP contribution in [0.2, 0.25) is 10.0 Å². The number of hydrogen-bond acceptors (Lipinski definition) is 7. The molecule has 0 unspecified atom stereocenters. The molecular formula is C21H21Cl2N3O4S2. The van der Waals surface area contributed by atoms with E-state index in [1.54, 1.807) is 18.2 Å². The van der Waals surface area contributed by atoms with Crippen molar-refractivity contribution in [2.75, 3.05) is 45.3 Å². The largest absolute Gasteiger partial charge is 0.493 e. The number of methoxy groups -OCH3 is 2. The number of anilines is 1. The maximum absolute atomic E-state index is 13.1. The third-order valence-electron chi connectivity index (χ3n) is 5.20. The van der Waals surface area contributed by atoms with Crippen molar-refractivity contribution in [2.45, 2.75) is 4.90 Å². The SMILES string of the molecule is COc1ccc(S(=O)(=O)N2CCN(c3nc(-c4ccc(Cl)cc4Cl)cs3)CC2)cc1OC. The molecule has 1 fully saturated rings. The van der Waals surface area contributed by atoms with Crippen LogP contribution in [0.15, 0.2) is 46.7 Å². The van der Waals surface area contributed by atoms with Crippen molar-refractivity contribution in [1.29, 1.82) is 0 Å². The highest BCUT2D eigenvalue weighted by Crippen LogP contribution is 2.34. The highest BCUT2D eigenvalue weighted by atomic mass is 35.5. The lowest BCUT2D eigenvalue weighted by Crippen LogP contribution is -2.48. The molecule has 1 aromatic heterocycles. The van der Waals surface area contributed by atoms with Gasteiger partial charge in [-0.05, 0) is 30.3 Å². The minimum absolute atomic E-state index is 0.178. The van der Waals surface area contributed by atoms with Gasteiger partial charge in [0.25, 0.3) is 0 Å². The van der Waals surface area contributed by atoms with Crippen molar-refractivity contribution in [2.24, 2.45) is 0 Å².